The molecule has 1 aromatic carbocycles. The van der Waals surface area contributed by atoms with Gasteiger partial charge in [0, 0.05) is 37.5 Å². The van der Waals surface area contributed by atoms with Crippen LogP contribution < -0.4 is 15.5 Å². The molecule has 6 heteroatoms. The third-order valence-electron chi connectivity index (χ3n) is 3.57. The molecule has 1 aromatic rings. The van der Waals surface area contributed by atoms with E-state index in [4.69, 9.17) is 17.0 Å². The number of anilines is 2. The fourth-order valence-electron chi connectivity index (χ4n) is 2.41. The fourth-order valence-corrected chi connectivity index (χ4v) is 2.63. The molecule has 1 heterocycles. The Balaban J connectivity index is 1.72. The Kier molecular flexibility index (Phi) is 6.80. The quantitative estimate of drug-likeness (QED) is 0.593. The van der Waals surface area contributed by atoms with E-state index in [9.17, 15) is 4.79 Å². The normalized spacial score (nSPS) is 14.4. The van der Waals surface area contributed by atoms with Gasteiger partial charge in [0.2, 0.25) is 5.91 Å². The second-order valence-electron chi connectivity index (χ2n) is 5.85. The molecule has 1 amide bonds. The van der Waals surface area contributed by atoms with Gasteiger partial charge < -0.3 is 20.3 Å². The van der Waals surface area contributed by atoms with E-state index in [2.05, 4.69) is 10.6 Å². The topological polar surface area (TPSA) is 53.6 Å². The first kappa shape index (κ1) is 17.7. The van der Waals surface area contributed by atoms with Crippen LogP contribution in [0.3, 0.4) is 0 Å². The number of ether oxygens (including phenoxy) is 1. The number of hydrogen-bond acceptors (Lipinski definition) is 3. The Morgan fingerprint density at radius 3 is 2.70 bits per heavy atom. The highest BCUT2D eigenvalue weighted by molar-refractivity contribution is 7.80. The van der Waals surface area contributed by atoms with Gasteiger partial charge in [-0.15, -0.1) is 0 Å². The van der Waals surface area contributed by atoms with E-state index in [1.807, 2.05) is 43.0 Å². The van der Waals surface area contributed by atoms with Crippen molar-refractivity contribution in [2.45, 2.75) is 39.2 Å². The van der Waals surface area contributed by atoms with Gasteiger partial charge in [-0.2, -0.15) is 0 Å². The van der Waals surface area contributed by atoms with E-state index >= 15 is 0 Å². The Labute approximate surface area is 143 Å². The van der Waals surface area contributed by atoms with Gasteiger partial charge >= 0.3 is 0 Å². The molecule has 1 aliphatic heterocycles. The molecule has 2 rings (SSSR count). The number of carbonyl (C=O) groups is 1. The maximum atomic E-state index is 11.7. The van der Waals surface area contributed by atoms with Crippen molar-refractivity contribution in [3.63, 3.8) is 0 Å². The van der Waals surface area contributed by atoms with Crippen LogP contribution in [0.1, 0.15) is 33.1 Å². The highest BCUT2D eigenvalue weighted by atomic mass is 32.1. The average Bonchev–Trinajstić information content (AvgIpc) is 2.93. The van der Waals surface area contributed by atoms with Gasteiger partial charge in [0.05, 0.1) is 6.10 Å². The summed E-state index contributed by atoms with van der Waals surface area (Å²) in [5.74, 6) is 0.200. The molecule has 5 nitrogen and oxygen atoms in total. The molecule has 0 radical (unpaired) electrons. The minimum absolute atomic E-state index is 0.200. The Morgan fingerprint density at radius 2 is 2.09 bits per heavy atom. The van der Waals surface area contributed by atoms with E-state index < -0.39 is 0 Å². The van der Waals surface area contributed by atoms with Crippen LogP contribution in [0.5, 0.6) is 0 Å². The first-order chi connectivity index (χ1) is 11.1. The summed E-state index contributed by atoms with van der Waals surface area (Å²) in [6, 6.07) is 7.78. The Morgan fingerprint density at radius 1 is 1.35 bits per heavy atom. The molecule has 1 aliphatic rings. The number of rotatable bonds is 7. The minimum atomic E-state index is 0.200. The van der Waals surface area contributed by atoms with Gasteiger partial charge in [0.15, 0.2) is 5.11 Å². The van der Waals surface area contributed by atoms with Crippen molar-refractivity contribution in [2.75, 3.05) is 29.9 Å². The Hall–Kier alpha value is -1.66. The van der Waals surface area contributed by atoms with Crippen molar-refractivity contribution in [3.8, 4) is 0 Å². The highest BCUT2D eigenvalue weighted by Crippen LogP contribution is 2.22. The van der Waals surface area contributed by atoms with Crippen molar-refractivity contribution < 1.29 is 9.53 Å². The highest BCUT2D eigenvalue weighted by Gasteiger charge is 2.21. The van der Waals surface area contributed by atoms with E-state index in [1.165, 1.54) is 0 Å². The predicted molar refractivity (Wildman–Crippen MR) is 98.0 cm³/mol. The van der Waals surface area contributed by atoms with Crippen LogP contribution in [0.15, 0.2) is 24.3 Å². The summed E-state index contributed by atoms with van der Waals surface area (Å²) >= 11 is 5.27. The molecule has 1 fully saturated rings. The molecular formula is C17H25N3O2S. The molecule has 0 bridgehead atoms. The van der Waals surface area contributed by atoms with Crippen LogP contribution in [0, 0.1) is 0 Å². The third-order valence-corrected chi connectivity index (χ3v) is 3.81. The molecule has 0 saturated carbocycles. The zero-order valence-corrected chi connectivity index (χ0v) is 14.6. The monoisotopic (exact) mass is 335 g/mol. The summed E-state index contributed by atoms with van der Waals surface area (Å²) in [6.45, 7) is 6.37. The molecule has 23 heavy (non-hydrogen) atoms. The summed E-state index contributed by atoms with van der Waals surface area (Å²) in [5, 5.41) is 6.90. The molecule has 0 aliphatic carbocycles. The van der Waals surface area contributed by atoms with E-state index in [1.54, 1.807) is 0 Å². The van der Waals surface area contributed by atoms with Crippen molar-refractivity contribution in [3.05, 3.63) is 24.3 Å². The van der Waals surface area contributed by atoms with Crippen LogP contribution in [-0.4, -0.2) is 36.8 Å². The summed E-state index contributed by atoms with van der Waals surface area (Å²) in [5.41, 5.74) is 1.86. The lowest BCUT2D eigenvalue weighted by Gasteiger charge is -2.16. The first-order valence-electron chi connectivity index (χ1n) is 8.13. The van der Waals surface area contributed by atoms with Gasteiger partial charge in [-0.3, -0.25) is 4.79 Å². The number of benzene rings is 1. The van der Waals surface area contributed by atoms with Gasteiger partial charge in [0.25, 0.3) is 0 Å². The van der Waals surface area contributed by atoms with Gasteiger partial charge in [-0.1, -0.05) is 0 Å². The zero-order chi connectivity index (χ0) is 16.7. The van der Waals surface area contributed by atoms with Crippen LogP contribution in [0.25, 0.3) is 0 Å². The standard InChI is InChI=1S/C17H25N3O2S/c1-13(2)22-12-4-10-18-17(23)19-14-6-8-15(9-7-14)20-11-3-5-16(20)21/h6-9,13H,3-5,10-12H2,1-2H3,(H2,18,19,23). The smallest absolute Gasteiger partial charge is 0.227 e. The Bertz CT molecular complexity index is 531. The lowest BCUT2D eigenvalue weighted by molar-refractivity contribution is -0.117. The lowest BCUT2D eigenvalue weighted by atomic mass is 10.2. The first-order valence-corrected chi connectivity index (χ1v) is 8.54. The van der Waals surface area contributed by atoms with Crippen molar-refractivity contribution in [1.29, 1.82) is 0 Å². The molecule has 126 valence electrons. The number of nitrogens with one attached hydrogen (secondary N) is 2. The van der Waals surface area contributed by atoms with Crippen molar-refractivity contribution >= 4 is 34.6 Å². The molecule has 2 N–H and O–H groups in total. The summed E-state index contributed by atoms with van der Waals surface area (Å²) in [6.07, 6.45) is 2.76. The van der Waals surface area contributed by atoms with Crippen molar-refractivity contribution in [2.24, 2.45) is 0 Å². The molecule has 0 unspecified atom stereocenters. The minimum Gasteiger partial charge on any atom is -0.379 e. The van der Waals surface area contributed by atoms with Crippen LogP contribution >= 0.6 is 12.2 Å². The summed E-state index contributed by atoms with van der Waals surface area (Å²) in [4.78, 5) is 13.5. The number of amides is 1. The average molecular weight is 335 g/mol. The fraction of sp³-hybridized carbons (Fsp3) is 0.529. The maximum absolute atomic E-state index is 11.7. The number of nitrogens with zero attached hydrogens (tertiary/aromatic N) is 1. The van der Waals surface area contributed by atoms with Crippen LogP contribution in [-0.2, 0) is 9.53 Å². The zero-order valence-electron chi connectivity index (χ0n) is 13.8. The van der Waals surface area contributed by atoms with Gasteiger partial charge in [0.1, 0.15) is 0 Å². The SMILES string of the molecule is CC(C)OCCCNC(=S)Nc1ccc(N2CCCC2=O)cc1. The number of carbonyl (C=O) groups excluding carboxylic acids is 1. The van der Waals surface area contributed by atoms with E-state index in [0.29, 0.717) is 11.5 Å². The van der Waals surface area contributed by atoms with Gasteiger partial charge in [-0.05, 0) is 63.2 Å². The van der Waals surface area contributed by atoms with E-state index in [-0.39, 0.29) is 12.0 Å². The molecule has 0 spiro atoms. The second-order valence-corrected chi connectivity index (χ2v) is 6.26. The maximum Gasteiger partial charge on any atom is 0.227 e. The van der Waals surface area contributed by atoms with Gasteiger partial charge in [-0.25, -0.2) is 0 Å². The lowest BCUT2D eigenvalue weighted by Crippen LogP contribution is -2.30. The molecule has 0 aromatic heterocycles. The van der Waals surface area contributed by atoms with Crippen molar-refractivity contribution in [1.82, 2.24) is 5.32 Å². The van der Waals surface area contributed by atoms with Crippen LogP contribution in [0.2, 0.25) is 0 Å². The molecule has 1 saturated heterocycles. The second kappa shape index (κ2) is 8.84. The predicted octanol–water partition coefficient (Wildman–Crippen LogP) is 2.91. The summed E-state index contributed by atoms with van der Waals surface area (Å²) < 4.78 is 5.48. The number of thiocarbonyl (C=S) groups is 1. The van der Waals surface area contributed by atoms with Crippen LogP contribution in [0.4, 0.5) is 11.4 Å². The molecule has 0 atom stereocenters. The summed E-state index contributed by atoms with van der Waals surface area (Å²) in [7, 11) is 0. The molecular weight excluding hydrogens is 310 g/mol. The third kappa shape index (κ3) is 5.80. The largest absolute Gasteiger partial charge is 0.379 e. The van der Waals surface area contributed by atoms with E-state index in [0.717, 1.165) is 43.9 Å². The number of hydrogen-bond donors (Lipinski definition) is 2.